The molecule has 2 aliphatic heterocycles. The van der Waals surface area contributed by atoms with Gasteiger partial charge in [-0.2, -0.15) is 0 Å². The molecule has 2 saturated heterocycles. The van der Waals surface area contributed by atoms with E-state index in [1.54, 1.807) is 14.0 Å². The zero-order valence-corrected chi connectivity index (χ0v) is 27.5. The van der Waals surface area contributed by atoms with Crippen molar-refractivity contribution in [2.75, 3.05) is 14.2 Å². The minimum atomic E-state index is -1.01. The van der Waals surface area contributed by atoms with Crippen molar-refractivity contribution >= 4 is 11.7 Å². The summed E-state index contributed by atoms with van der Waals surface area (Å²) in [6.45, 7) is 22.3. The van der Waals surface area contributed by atoms with Crippen LogP contribution in [0.5, 0.6) is 0 Å². The molecule has 0 saturated carbocycles. The first-order valence-electron chi connectivity index (χ1n) is 15.3. The number of aliphatic hydroxyl groups is 2. The Kier molecular flexibility index (Phi) is 11.9. The summed E-state index contributed by atoms with van der Waals surface area (Å²) in [4.78, 5) is 18.5. The van der Waals surface area contributed by atoms with Crippen LogP contribution in [0.15, 0.2) is 4.99 Å². The van der Waals surface area contributed by atoms with E-state index in [2.05, 4.69) is 41.5 Å². The molecule has 8 nitrogen and oxygen atoms in total. The molecule has 0 amide bonds. The Bertz CT molecular complexity index is 873. The number of carbonyl (C=O) groups is 1. The van der Waals surface area contributed by atoms with Crippen molar-refractivity contribution in [3.05, 3.63) is 0 Å². The van der Waals surface area contributed by atoms with Gasteiger partial charge in [0.1, 0.15) is 12.2 Å². The highest BCUT2D eigenvalue weighted by Gasteiger charge is 2.48. The van der Waals surface area contributed by atoms with Crippen molar-refractivity contribution in [1.82, 2.24) is 0 Å². The average molecular weight is 570 g/mol. The third-order valence-corrected chi connectivity index (χ3v) is 10.3. The van der Waals surface area contributed by atoms with Gasteiger partial charge in [0.25, 0.3) is 0 Å². The number of aliphatic hydroxyl groups excluding tert-OH is 1. The third-order valence-electron chi connectivity index (χ3n) is 10.3. The van der Waals surface area contributed by atoms with Gasteiger partial charge in [0.05, 0.1) is 29.3 Å². The molecule has 0 radical (unpaired) electrons. The number of methoxy groups -OCH3 is 1. The van der Waals surface area contributed by atoms with E-state index in [0.717, 1.165) is 5.71 Å². The second-order valence-electron chi connectivity index (χ2n) is 14.0. The van der Waals surface area contributed by atoms with E-state index in [1.807, 2.05) is 34.7 Å². The fourth-order valence-electron chi connectivity index (χ4n) is 7.38. The quantitative estimate of drug-likeness (QED) is 0.436. The Morgan fingerprint density at radius 3 is 2.12 bits per heavy atom. The molecule has 2 N–H and O–H groups in total. The Labute approximate surface area is 243 Å². The average Bonchev–Trinajstić information content (AvgIpc) is 2.86. The van der Waals surface area contributed by atoms with Crippen LogP contribution in [0.2, 0.25) is 0 Å². The summed E-state index contributed by atoms with van der Waals surface area (Å²) in [5.74, 6) is -0.701. The van der Waals surface area contributed by atoms with Gasteiger partial charge in [-0.1, -0.05) is 48.5 Å². The van der Waals surface area contributed by atoms with Crippen molar-refractivity contribution in [1.29, 1.82) is 0 Å². The summed E-state index contributed by atoms with van der Waals surface area (Å²) in [6.07, 6.45) is -0.893. The largest absolute Gasteiger partial charge is 0.462 e. The van der Waals surface area contributed by atoms with E-state index in [-0.39, 0.29) is 41.2 Å². The molecule has 3 unspecified atom stereocenters. The van der Waals surface area contributed by atoms with Crippen LogP contribution in [0.25, 0.3) is 0 Å². The zero-order valence-electron chi connectivity index (χ0n) is 27.5. The fourth-order valence-corrected chi connectivity index (χ4v) is 7.38. The van der Waals surface area contributed by atoms with Crippen LogP contribution in [0.3, 0.4) is 0 Å². The van der Waals surface area contributed by atoms with E-state index in [1.165, 1.54) is 0 Å². The van der Waals surface area contributed by atoms with Gasteiger partial charge < -0.3 is 29.2 Å². The predicted octanol–water partition coefficient (Wildman–Crippen LogP) is 5.42. The highest BCUT2D eigenvalue weighted by atomic mass is 16.7. The van der Waals surface area contributed by atoms with Crippen molar-refractivity contribution in [2.24, 2.45) is 40.0 Å². The minimum absolute atomic E-state index is 0.0780. The maximum Gasteiger partial charge on any atom is 0.311 e. The lowest BCUT2D eigenvalue weighted by Gasteiger charge is -2.46. The monoisotopic (exact) mass is 569 g/mol. The molecule has 2 rings (SSSR count). The number of hydrogen-bond donors (Lipinski definition) is 2. The van der Waals surface area contributed by atoms with Crippen LogP contribution >= 0.6 is 0 Å². The van der Waals surface area contributed by atoms with Gasteiger partial charge >= 0.3 is 5.97 Å². The van der Waals surface area contributed by atoms with Gasteiger partial charge in [0.15, 0.2) is 6.29 Å². The van der Waals surface area contributed by atoms with Crippen molar-refractivity contribution in [3.8, 4) is 0 Å². The normalized spacial score (nSPS) is 47.0. The van der Waals surface area contributed by atoms with Crippen molar-refractivity contribution in [2.45, 2.75) is 144 Å². The van der Waals surface area contributed by atoms with E-state index < -0.39 is 41.7 Å². The summed E-state index contributed by atoms with van der Waals surface area (Å²) >= 11 is 0. The molecule has 12 atom stereocenters. The molecule has 8 heteroatoms. The molecule has 40 heavy (non-hydrogen) atoms. The maximum atomic E-state index is 13.8. The maximum absolute atomic E-state index is 13.8. The van der Waals surface area contributed by atoms with Crippen LogP contribution in [0, 0.1) is 35.0 Å². The number of nitrogens with zero attached hydrogens (tertiary/aromatic N) is 1. The Balaban J connectivity index is 2.51. The molecular weight excluding hydrogens is 510 g/mol. The van der Waals surface area contributed by atoms with E-state index >= 15 is 0 Å². The van der Waals surface area contributed by atoms with Crippen molar-refractivity contribution < 1.29 is 34.0 Å². The highest BCUT2D eigenvalue weighted by molar-refractivity contribution is 5.88. The number of ether oxygens (including phenoxy) is 4. The molecule has 2 fully saturated rings. The molecule has 234 valence electrons. The second kappa shape index (κ2) is 13.5. The Morgan fingerprint density at radius 2 is 1.60 bits per heavy atom. The number of aliphatic imine (C=N–C) groups is 1. The Hall–Kier alpha value is -1.06. The highest BCUT2D eigenvalue weighted by Crippen LogP contribution is 2.42. The first-order valence-corrected chi connectivity index (χ1v) is 15.3. The molecular formula is C32H59NO7. The number of carbonyl (C=O) groups excluding carboxylic acids is 1. The summed E-state index contributed by atoms with van der Waals surface area (Å²) in [5.41, 5.74) is -1.09. The topological polar surface area (TPSA) is 107 Å². The first-order chi connectivity index (χ1) is 18.3. The molecule has 0 bridgehead atoms. The van der Waals surface area contributed by atoms with Crippen LogP contribution in [0.1, 0.15) is 102 Å². The zero-order chi connectivity index (χ0) is 30.8. The van der Waals surface area contributed by atoms with Gasteiger partial charge in [-0.3, -0.25) is 9.79 Å². The van der Waals surface area contributed by atoms with Gasteiger partial charge in [-0.15, -0.1) is 0 Å². The predicted molar refractivity (Wildman–Crippen MR) is 158 cm³/mol. The molecule has 0 aromatic heterocycles. The molecule has 0 aromatic carbocycles. The molecule has 0 aromatic rings. The summed E-state index contributed by atoms with van der Waals surface area (Å²) in [5, 5.41) is 22.3. The van der Waals surface area contributed by atoms with Crippen LogP contribution in [0.4, 0.5) is 0 Å². The van der Waals surface area contributed by atoms with Crippen molar-refractivity contribution in [3.63, 3.8) is 0 Å². The summed E-state index contributed by atoms with van der Waals surface area (Å²) in [7, 11) is 3.41. The smallest absolute Gasteiger partial charge is 0.311 e. The standard InChI is InChI=1S/C32H59NO7/c1-14-24-30(8,9)22(6)20(4)26(33-12)18(2)15-31(10,36)16-19(3)27(21(5)29(35)39-24)40-25-17-32(11,37-13)28(34)23(7)38-25/h18-25,27-28,34,36H,14-17H2,1-13H3/t18-,19-,20?,21-,22?,23?,24-,25+,27+,28+,31-,32-/m1/s1. The number of rotatable bonds is 4. The Morgan fingerprint density at radius 1 is 1.00 bits per heavy atom. The second-order valence-corrected chi connectivity index (χ2v) is 14.0. The van der Waals surface area contributed by atoms with Gasteiger partial charge in [-0.05, 0) is 70.6 Å². The lowest BCUT2D eigenvalue weighted by molar-refractivity contribution is -0.296. The number of esters is 1. The van der Waals surface area contributed by atoms with Gasteiger partial charge in [0.2, 0.25) is 0 Å². The summed E-state index contributed by atoms with van der Waals surface area (Å²) in [6, 6.07) is 0. The lowest BCUT2D eigenvalue weighted by Crippen LogP contribution is -2.57. The van der Waals surface area contributed by atoms with Crippen LogP contribution < -0.4 is 0 Å². The molecule has 0 spiro atoms. The SMILES string of the molecule is CC[C@H]1OC(=O)[C@H](C)[C@@H](O[C@H]2C[C@@](C)(OC)[C@@H](O)C(C)O2)[C@H](C)C[C@](C)(O)C[C@@H](C)C(=NC)C(C)C(C)C1(C)C. The first kappa shape index (κ1) is 35.1. The minimum Gasteiger partial charge on any atom is -0.462 e. The fraction of sp³-hybridized carbons (Fsp3) is 0.938. The lowest BCUT2D eigenvalue weighted by atomic mass is 9.66. The molecule has 0 aliphatic carbocycles. The third kappa shape index (κ3) is 7.66. The van der Waals surface area contributed by atoms with E-state index in [0.29, 0.717) is 25.7 Å². The van der Waals surface area contributed by atoms with Gasteiger partial charge in [0, 0.05) is 31.7 Å². The van der Waals surface area contributed by atoms with Gasteiger partial charge in [-0.25, -0.2) is 0 Å². The number of hydrogen-bond acceptors (Lipinski definition) is 8. The molecule has 2 heterocycles. The van der Waals surface area contributed by atoms with E-state index in [9.17, 15) is 15.0 Å². The van der Waals surface area contributed by atoms with Crippen LogP contribution in [-0.2, 0) is 23.7 Å². The van der Waals surface area contributed by atoms with E-state index in [4.69, 9.17) is 23.9 Å². The summed E-state index contributed by atoms with van der Waals surface area (Å²) < 4.78 is 24.6. The van der Waals surface area contributed by atoms with Crippen LogP contribution in [-0.4, -0.2) is 78.0 Å². The number of cyclic esters (lactones) is 1. The molecule has 2 aliphatic rings.